The third kappa shape index (κ3) is 32.1. The summed E-state index contributed by atoms with van der Waals surface area (Å²) in [4.78, 5) is 277. The number of ether oxygens (including phenoxy) is 34. The van der Waals surface area contributed by atoms with Crippen LogP contribution in [-0.2, 0) is 257 Å². The number of azide groups is 1. The molecular weight excluding hydrogens is 1890 g/mol. The summed E-state index contributed by atoms with van der Waals surface area (Å²) in [6.45, 7) is 8.66. The Morgan fingerprint density at radius 2 is 0.295 bits per heavy atom. The van der Waals surface area contributed by atoms with Crippen molar-refractivity contribution in [2.24, 2.45) is 5.11 Å². The van der Waals surface area contributed by atoms with Gasteiger partial charge in [0, 0.05) is 143 Å². The molecule has 0 saturated carbocycles. The molecule has 21 rings (SSSR count). The van der Waals surface area contributed by atoms with Crippen molar-refractivity contribution < 1.29 is 257 Å². The van der Waals surface area contributed by atoms with E-state index in [-0.39, 0.29) is 0 Å². The second kappa shape index (κ2) is 51.4. The van der Waals surface area contributed by atoms with Gasteiger partial charge in [-0.2, -0.15) is 0 Å². The van der Waals surface area contributed by atoms with E-state index in [0.717, 1.165) is 138 Å². The van der Waals surface area contributed by atoms with Crippen molar-refractivity contribution in [2.75, 3.05) is 46.2 Å². The van der Waals surface area contributed by atoms with E-state index in [0.29, 0.717) is 0 Å². The van der Waals surface area contributed by atoms with Crippen molar-refractivity contribution in [2.45, 2.75) is 353 Å². The molecule has 0 N–H and O–H groups in total. The molecule has 21 fully saturated rings. The summed E-state index contributed by atoms with van der Waals surface area (Å²) in [6, 6.07) is 0. The van der Waals surface area contributed by atoms with Crippen LogP contribution in [-0.4, -0.2) is 381 Å². The SMILES string of the molecule is CC(=O)OC[C@H]1O[C@@H]2O[C@H]3[C@H](OC(C)=O)[C@@H](OC(C)=O)[C@@H](O[C@H]4[C@H](OC(C)=O)[C@@H](OC(C)=O)[C@@H](O[C@H]5[C@H](OC(C)=O)[C@@H](OC(C)=O)[C@@H](O[C@H]6[C@H](OC(C)=O)[C@@H](OC(C)=O)[C@@H](O[C@H]7[C@H](OC(C)=O)[C@@H](OC(C)=O)[C@@H](O[C@H]8[C@H](OC(C)=O)[C@@H](OC(C)=O)[C@@H](O[C@H]1[C@H](OC(C)=O)[C@H]2OC(C)=O)O[C@@H]8CN=[N+]=[N-])O[C@@H]7COC(C)=O)O[C@@H]6COC(C)=O)O[C@@H]5COC(C)=O)O[C@@H]4COC(C)=O)O[C@@H]3COC(C)=O. The lowest BCUT2D eigenvalue weighted by atomic mass is 9.94. The number of rotatable bonds is 28. The van der Waals surface area contributed by atoms with Crippen LogP contribution < -0.4 is 0 Å². The molecule has 0 radical (unpaired) electrons. The maximum absolute atomic E-state index is 13.9. The minimum Gasteiger partial charge on any atom is -0.463 e. The van der Waals surface area contributed by atoms with E-state index in [2.05, 4.69) is 10.0 Å². The zero-order valence-electron chi connectivity index (χ0n) is 78.5. The Kier molecular flexibility index (Phi) is 41.5. The molecule has 0 unspecified atom stereocenters. The maximum atomic E-state index is 13.9. The third-order valence-corrected chi connectivity index (χ3v) is 20.4. The second-order valence-electron chi connectivity index (χ2n) is 31.8. The van der Waals surface area contributed by atoms with E-state index in [1.165, 1.54) is 0 Å². The maximum Gasteiger partial charge on any atom is 0.303 e. The summed E-state index contributed by atoms with van der Waals surface area (Å²) >= 11 is 0. The van der Waals surface area contributed by atoms with Gasteiger partial charge in [0.25, 0.3) is 0 Å². The van der Waals surface area contributed by atoms with Crippen molar-refractivity contribution in [1.29, 1.82) is 0 Å². The monoisotopic (exact) mass is 2000 g/mol. The predicted molar refractivity (Wildman–Crippen MR) is 426 cm³/mol. The van der Waals surface area contributed by atoms with Gasteiger partial charge in [0.15, 0.2) is 129 Å². The van der Waals surface area contributed by atoms with Crippen LogP contribution in [0.5, 0.6) is 0 Å². The van der Waals surface area contributed by atoms with Crippen molar-refractivity contribution in [3.63, 3.8) is 0 Å². The number of carbonyl (C=O) groups excluding carboxylic acids is 20. The zero-order chi connectivity index (χ0) is 103. The van der Waals surface area contributed by atoms with Crippen LogP contribution in [0, 0.1) is 0 Å². The predicted octanol–water partition coefficient (Wildman–Crippen LogP) is -2.50. The zero-order valence-corrected chi connectivity index (χ0v) is 78.5. The van der Waals surface area contributed by atoms with Crippen LogP contribution in [0.1, 0.15) is 138 Å². The second-order valence-corrected chi connectivity index (χ2v) is 31.8. The molecule has 776 valence electrons. The van der Waals surface area contributed by atoms with Crippen LogP contribution in [0.15, 0.2) is 5.11 Å². The van der Waals surface area contributed by atoms with E-state index in [1.807, 2.05) is 0 Å². The molecule has 14 bridgehead atoms. The first kappa shape index (κ1) is 112. The fourth-order valence-electron chi connectivity index (χ4n) is 15.9. The molecule has 57 nitrogen and oxygen atoms in total. The first-order valence-corrected chi connectivity index (χ1v) is 42.7. The highest BCUT2D eigenvalue weighted by molar-refractivity contribution is 5.73. The van der Waals surface area contributed by atoms with Crippen LogP contribution in [0.4, 0.5) is 0 Å². The Balaban J connectivity index is 1.51. The molecule has 21 heterocycles. The number of hydrogen-bond donors (Lipinski definition) is 0. The fraction of sp³-hybridized carbons (Fsp3) is 0.756. The van der Waals surface area contributed by atoms with Crippen molar-refractivity contribution in [1.82, 2.24) is 0 Å². The average Bonchev–Trinajstić information content (AvgIpc) is 0.852. The molecule has 21 aliphatic rings. The van der Waals surface area contributed by atoms with E-state index in [4.69, 9.17) is 161 Å². The standard InChI is InChI=1S/C82H109N3O54/c1-28(86)106-22-49-56-63(113-35(8)93)71(121-43(16)101)78(128-49)136-58-51(24-108-30(3)88)130-80(73(123-45(18)103)65(58)115-37(10)95)138-60-53(26-110-32(5)90)132-82(75(125-47(20)105)67(60)117-39(12)97)139-61-54(27-111-33(6)91)131-81(74(124-46(19)104)68(61)118-40(13)98)137-59-52(25-109-31(4)89)129-79(72(122-44(17)102)66(59)116-38(11)96)135-57-50(23-107-29(2)87)127-77(70(120-42(15)100)64(57)114-36(9)94)133-55-48(21-84-85-83)126-76(134-56)69(119-41(14)99)62(55)112-34(7)92/h48-82H,21-27H2,1-20H3/t48-,49-,50-,51-,52-,53-,54-,55-,56-,57-,58-,59-,60-,61-,62+,63+,64+,65+,66+,67+,68+,69-,70-,71-,72-,73-,74-,75-,76-,77-,78-,79-,80-,81-,82-/m1/s1. The van der Waals surface area contributed by atoms with Crippen LogP contribution in [0.2, 0.25) is 0 Å². The lowest BCUT2D eigenvalue weighted by Crippen LogP contribution is -2.70. The van der Waals surface area contributed by atoms with Gasteiger partial charge in [0.1, 0.15) is 119 Å². The summed E-state index contributed by atoms with van der Waals surface area (Å²) in [5.74, 6) is -25.0. The lowest BCUT2D eigenvalue weighted by Gasteiger charge is -2.52. The fourth-order valence-corrected chi connectivity index (χ4v) is 15.9. The molecule has 0 amide bonds. The highest BCUT2D eigenvalue weighted by atomic mass is 16.8. The molecule has 0 aliphatic carbocycles. The Bertz CT molecular complexity index is 4360. The topological polar surface area (TPSA) is 704 Å². The number of nitrogens with zero attached hydrogens (tertiary/aromatic N) is 3. The van der Waals surface area contributed by atoms with Crippen molar-refractivity contribution >= 4 is 119 Å². The summed E-state index contributed by atoms with van der Waals surface area (Å²) in [5, 5.41) is 3.66. The smallest absolute Gasteiger partial charge is 0.303 e. The average molecular weight is 2000 g/mol. The van der Waals surface area contributed by atoms with Gasteiger partial charge < -0.3 is 161 Å². The third-order valence-electron chi connectivity index (χ3n) is 20.4. The Morgan fingerprint density at radius 1 is 0.180 bits per heavy atom. The van der Waals surface area contributed by atoms with Crippen molar-refractivity contribution in [3.05, 3.63) is 10.4 Å². The van der Waals surface area contributed by atoms with Crippen LogP contribution in [0.3, 0.4) is 0 Å². The van der Waals surface area contributed by atoms with Gasteiger partial charge in [-0.25, -0.2) is 0 Å². The summed E-state index contributed by atoms with van der Waals surface area (Å²) in [6.07, 6.45) is -81.2. The first-order valence-electron chi connectivity index (χ1n) is 42.7. The molecular formula is C82H109N3O54. The minimum atomic E-state index is -2.47. The minimum absolute atomic E-state index is 0.792. The van der Waals surface area contributed by atoms with Crippen molar-refractivity contribution in [3.8, 4) is 0 Å². The lowest BCUT2D eigenvalue weighted by molar-refractivity contribution is -0.396. The number of hydrogen-bond acceptors (Lipinski definition) is 55. The van der Waals surface area contributed by atoms with Gasteiger partial charge in [-0.15, -0.1) is 0 Å². The molecule has 35 atom stereocenters. The van der Waals surface area contributed by atoms with E-state index in [1.54, 1.807) is 0 Å². The molecule has 57 heteroatoms. The molecule has 21 aliphatic heterocycles. The Hall–Kier alpha value is -11.8. The summed E-state index contributed by atoms with van der Waals surface area (Å²) in [5.41, 5.74) is 10.1. The van der Waals surface area contributed by atoms with Gasteiger partial charge >= 0.3 is 119 Å². The molecule has 0 aromatic heterocycles. The highest BCUT2D eigenvalue weighted by Gasteiger charge is 2.66. The van der Waals surface area contributed by atoms with E-state index in [9.17, 15) is 101 Å². The molecule has 0 spiro atoms. The van der Waals surface area contributed by atoms with Gasteiger partial charge in [-0.1, -0.05) is 5.11 Å². The van der Waals surface area contributed by atoms with Gasteiger partial charge in [0.05, 0.1) is 12.6 Å². The Morgan fingerprint density at radius 3 is 0.410 bits per heavy atom. The highest BCUT2D eigenvalue weighted by Crippen LogP contribution is 2.45. The summed E-state index contributed by atoms with van der Waals surface area (Å²) < 4.78 is 209. The summed E-state index contributed by atoms with van der Waals surface area (Å²) in [7, 11) is 0. The van der Waals surface area contributed by atoms with Gasteiger partial charge in [0.2, 0.25) is 0 Å². The Labute approximate surface area is 788 Å². The van der Waals surface area contributed by atoms with E-state index < -0.39 is 381 Å². The molecule has 0 aromatic carbocycles. The van der Waals surface area contributed by atoms with Gasteiger partial charge in [-0.05, 0) is 5.53 Å². The molecule has 21 saturated heterocycles. The first-order chi connectivity index (χ1) is 65.3. The molecule has 0 aromatic rings. The van der Waals surface area contributed by atoms with Crippen LogP contribution >= 0.6 is 0 Å². The largest absolute Gasteiger partial charge is 0.463 e. The normalized spacial score (nSPS) is 34.8. The van der Waals surface area contributed by atoms with Crippen LogP contribution in [0.25, 0.3) is 10.4 Å². The molecule has 139 heavy (non-hydrogen) atoms. The number of carbonyl (C=O) groups is 20. The number of esters is 20. The quantitative estimate of drug-likeness (QED) is 0.0257. The van der Waals surface area contributed by atoms with E-state index >= 15 is 0 Å². The van der Waals surface area contributed by atoms with Gasteiger partial charge in [-0.3, -0.25) is 95.9 Å².